The number of thiol groups is 2. The summed E-state index contributed by atoms with van der Waals surface area (Å²) in [5.74, 6) is 0. The van der Waals surface area contributed by atoms with E-state index >= 15 is 0 Å². The summed E-state index contributed by atoms with van der Waals surface area (Å²) in [5, 5.41) is 0. The van der Waals surface area contributed by atoms with Crippen LogP contribution in [-0.2, 0) is 0 Å². The van der Waals surface area contributed by atoms with Crippen molar-refractivity contribution in [2.45, 2.75) is 0 Å². The summed E-state index contributed by atoms with van der Waals surface area (Å²) in [4.78, 5) is 0. The molecule has 0 aromatic carbocycles. The van der Waals surface area contributed by atoms with E-state index in [2.05, 4.69) is 49.7 Å². The van der Waals surface area contributed by atoms with Crippen LogP contribution < -0.4 is 11.5 Å². The molecule has 0 saturated heterocycles. The summed E-state index contributed by atoms with van der Waals surface area (Å²) in [6.45, 7) is 0. The van der Waals surface area contributed by atoms with Crippen LogP contribution in [0.4, 0.5) is 0 Å². The van der Waals surface area contributed by atoms with Crippen molar-refractivity contribution in [1.29, 1.82) is 0 Å². The van der Waals surface area contributed by atoms with Crippen molar-refractivity contribution in [2.75, 3.05) is 0 Å². The van der Waals surface area contributed by atoms with E-state index in [0.717, 1.165) is 0 Å². The molecule has 4 N–H and O–H groups in total. The summed E-state index contributed by atoms with van der Waals surface area (Å²) in [6, 6.07) is 0. The molecule has 0 bridgehead atoms. The van der Waals surface area contributed by atoms with Gasteiger partial charge in [-0.2, -0.15) is 0 Å². The van der Waals surface area contributed by atoms with Gasteiger partial charge in [0.05, 0.1) is 0 Å². The van der Waals surface area contributed by atoms with Gasteiger partial charge in [-0.1, -0.05) is 24.4 Å². The molecule has 0 aromatic heterocycles. The highest BCUT2D eigenvalue weighted by Gasteiger charge is 1.56. The van der Waals surface area contributed by atoms with Gasteiger partial charge in [-0.15, -0.1) is 25.3 Å². The summed E-state index contributed by atoms with van der Waals surface area (Å²) in [7, 11) is 0. The molecule has 2 radical (unpaired) electrons. The zero-order valence-electron chi connectivity index (χ0n) is 4.27. The van der Waals surface area contributed by atoms with Gasteiger partial charge in [-0.25, -0.2) is 0 Å². The molecule has 0 heterocycles. The molecule has 9 heavy (non-hydrogen) atoms. The van der Waals surface area contributed by atoms with E-state index in [0.29, 0.717) is 0 Å². The van der Waals surface area contributed by atoms with Gasteiger partial charge in [0.1, 0.15) is 8.64 Å². The van der Waals surface area contributed by atoms with Gasteiger partial charge >= 0.3 is 0 Å². The number of hydrogen-bond acceptors (Lipinski definition) is 2. The first-order chi connectivity index (χ1) is 3.46. The van der Waals surface area contributed by atoms with Crippen molar-refractivity contribution in [3.8, 4) is 0 Å². The third kappa shape index (κ3) is 598. The fourth-order valence-electron chi connectivity index (χ4n) is 0. The van der Waals surface area contributed by atoms with E-state index in [1.807, 2.05) is 0 Å². The third-order valence-corrected chi connectivity index (χ3v) is 0. The monoisotopic (exact) mass is 218 g/mol. The lowest BCUT2D eigenvalue weighted by atomic mass is 11.5. The summed E-state index contributed by atoms with van der Waals surface area (Å²) in [5.41, 5.74) is 9.41. The molecular formula is C2H6N2S5. The predicted molar refractivity (Wildman–Crippen MR) is 59.1 cm³/mol. The zero-order valence-corrected chi connectivity index (χ0v) is 8.51. The van der Waals surface area contributed by atoms with Gasteiger partial charge in [0, 0.05) is 13.5 Å². The summed E-state index contributed by atoms with van der Waals surface area (Å²) >= 11 is 15.3. The van der Waals surface area contributed by atoms with Crippen molar-refractivity contribution in [2.24, 2.45) is 11.5 Å². The number of nitrogens with two attached hydrogens (primary N) is 2. The summed E-state index contributed by atoms with van der Waals surface area (Å²) in [6.07, 6.45) is 0. The van der Waals surface area contributed by atoms with Crippen molar-refractivity contribution in [1.82, 2.24) is 0 Å². The summed E-state index contributed by atoms with van der Waals surface area (Å²) < 4.78 is 0.389. The quantitative estimate of drug-likeness (QED) is 0.361. The molecule has 0 spiro atoms. The van der Waals surface area contributed by atoms with Gasteiger partial charge in [0.25, 0.3) is 0 Å². The van der Waals surface area contributed by atoms with Crippen LogP contribution in [0.3, 0.4) is 0 Å². The molecule has 0 fully saturated rings. The highest BCUT2D eigenvalue weighted by Crippen LogP contribution is 1.63. The first-order valence-electron chi connectivity index (χ1n) is 1.43. The van der Waals surface area contributed by atoms with Crippen LogP contribution in [-0.4, -0.2) is 8.64 Å². The SMILES string of the molecule is NC(=S)S.NC(=S)S.[S]. The lowest BCUT2D eigenvalue weighted by Gasteiger charge is -1.64. The van der Waals surface area contributed by atoms with E-state index in [9.17, 15) is 0 Å². The lowest BCUT2D eigenvalue weighted by Crippen LogP contribution is -1.94. The molecule has 0 amide bonds. The maximum atomic E-state index is 4.71. The highest BCUT2D eigenvalue weighted by molar-refractivity contribution is 8.11. The second-order valence-corrected chi connectivity index (χ2v) is 3.12. The predicted octanol–water partition coefficient (Wildman–Crippen LogP) is 0.968. The van der Waals surface area contributed by atoms with Crippen LogP contribution in [0.1, 0.15) is 0 Å². The molecule has 0 aliphatic heterocycles. The molecular weight excluding hydrogens is 212 g/mol. The fourth-order valence-corrected chi connectivity index (χ4v) is 0. The van der Waals surface area contributed by atoms with Crippen LogP contribution in [0.15, 0.2) is 0 Å². The molecule has 0 atom stereocenters. The Balaban J connectivity index is -0.0000000720. The van der Waals surface area contributed by atoms with Gasteiger partial charge < -0.3 is 11.5 Å². The molecule has 0 aromatic rings. The third-order valence-electron chi connectivity index (χ3n) is 0. The molecule has 0 saturated carbocycles. The standard InChI is InChI=1S/2CH3NS2.S/c2*2-1(3)4;/h2*(H3,2,3,4);. The van der Waals surface area contributed by atoms with Gasteiger partial charge in [-0.05, 0) is 0 Å². The van der Waals surface area contributed by atoms with E-state index in [-0.39, 0.29) is 22.1 Å². The maximum absolute atomic E-state index is 4.71. The number of hydrogen-bond donors (Lipinski definition) is 4. The Morgan fingerprint density at radius 2 is 1.00 bits per heavy atom. The Bertz CT molecular complexity index is 71.0. The Labute approximate surface area is 83.0 Å². The number of thiocarbonyl (C=S) groups is 2. The van der Waals surface area contributed by atoms with Crippen LogP contribution in [0, 0.1) is 0 Å². The van der Waals surface area contributed by atoms with Crippen molar-refractivity contribution < 1.29 is 0 Å². The van der Waals surface area contributed by atoms with Crippen molar-refractivity contribution >= 4 is 71.8 Å². The van der Waals surface area contributed by atoms with Crippen LogP contribution in [0.5, 0.6) is 0 Å². The number of rotatable bonds is 0. The van der Waals surface area contributed by atoms with Crippen molar-refractivity contribution in [3.05, 3.63) is 0 Å². The minimum atomic E-state index is 0. The second-order valence-electron chi connectivity index (χ2n) is 0.676. The van der Waals surface area contributed by atoms with Crippen LogP contribution >= 0.6 is 63.2 Å². The lowest BCUT2D eigenvalue weighted by molar-refractivity contribution is 1.91. The molecule has 0 rings (SSSR count). The minimum Gasteiger partial charge on any atom is -0.385 e. The normalized spacial score (nSPS) is 5.56. The molecule has 54 valence electrons. The first kappa shape index (κ1) is 16.4. The largest absolute Gasteiger partial charge is 0.385 e. The van der Waals surface area contributed by atoms with Gasteiger partial charge in [0.2, 0.25) is 0 Å². The zero-order chi connectivity index (χ0) is 7.15. The molecule has 7 heteroatoms. The smallest absolute Gasteiger partial charge is 0.128 e. The van der Waals surface area contributed by atoms with E-state index in [1.165, 1.54) is 0 Å². The van der Waals surface area contributed by atoms with Crippen molar-refractivity contribution in [3.63, 3.8) is 0 Å². The van der Waals surface area contributed by atoms with E-state index < -0.39 is 0 Å². The van der Waals surface area contributed by atoms with Gasteiger partial charge in [-0.3, -0.25) is 0 Å². The molecule has 2 nitrogen and oxygen atoms in total. The van der Waals surface area contributed by atoms with Crippen LogP contribution in [0.2, 0.25) is 0 Å². The average molecular weight is 218 g/mol. The molecule has 0 unspecified atom stereocenters. The maximum Gasteiger partial charge on any atom is 0.128 e. The van der Waals surface area contributed by atoms with E-state index in [1.54, 1.807) is 0 Å². The Morgan fingerprint density at radius 1 is 1.00 bits per heavy atom. The Hall–Kier alpha value is 0.830. The van der Waals surface area contributed by atoms with Gasteiger partial charge in [0.15, 0.2) is 0 Å². The molecule has 0 aliphatic carbocycles. The highest BCUT2D eigenvalue weighted by atomic mass is 32.1. The first-order valence-corrected chi connectivity index (χ1v) is 3.14. The van der Waals surface area contributed by atoms with E-state index in [4.69, 9.17) is 11.5 Å². The molecule has 0 aliphatic rings. The fraction of sp³-hybridized carbons (Fsp3) is 0. The average Bonchev–Trinajstić information content (AvgIpc) is 1.25. The second kappa shape index (κ2) is 11.6. The Kier molecular flexibility index (Phi) is 21.2. The topological polar surface area (TPSA) is 52.0 Å². The van der Waals surface area contributed by atoms with Crippen LogP contribution in [0.25, 0.3) is 0 Å². The minimum absolute atomic E-state index is 0. The Morgan fingerprint density at radius 3 is 1.00 bits per heavy atom.